The summed E-state index contributed by atoms with van der Waals surface area (Å²) in [6, 6.07) is 3.65. The van der Waals surface area contributed by atoms with Crippen LogP contribution in [0.25, 0.3) is 0 Å². The maximum absolute atomic E-state index is 12.1. The van der Waals surface area contributed by atoms with Gasteiger partial charge in [0, 0.05) is 24.5 Å². The van der Waals surface area contributed by atoms with Crippen molar-refractivity contribution in [3.05, 3.63) is 35.9 Å². The molecule has 112 valence electrons. The van der Waals surface area contributed by atoms with E-state index in [-0.39, 0.29) is 30.1 Å². The summed E-state index contributed by atoms with van der Waals surface area (Å²) in [5.41, 5.74) is 0.640. The maximum atomic E-state index is 12.1. The molecule has 0 unspecified atom stereocenters. The number of carbonyl (C=O) groups is 2. The first kappa shape index (κ1) is 15.2. The number of nitrogens with zero attached hydrogens (tertiary/aromatic N) is 4. The van der Waals surface area contributed by atoms with Crippen LogP contribution in [0.5, 0.6) is 0 Å². The van der Waals surface area contributed by atoms with E-state index in [9.17, 15) is 9.59 Å². The summed E-state index contributed by atoms with van der Waals surface area (Å²) in [7, 11) is 0. The van der Waals surface area contributed by atoms with Crippen molar-refractivity contribution in [1.29, 1.82) is 0 Å². The molecule has 0 aromatic carbocycles. The Bertz CT molecular complexity index is 596. The Morgan fingerprint density at radius 2 is 1.29 bits per heavy atom. The number of aromatic nitrogens is 4. The predicted molar refractivity (Wildman–Crippen MR) is 78.5 cm³/mol. The van der Waals surface area contributed by atoms with Crippen LogP contribution in [0.3, 0.4) is 0 Å². The lowest BCUT2D eigenvalue weighted by molar-refractivity contribution is 0.0887. The van der Waals surface area contributed by atoms with Gasteiger partial charge >= 0.3 is 0 Å². The van der Waals surface area contributed by atoms with Gasteiger partial charge in [-0.3, -0.25) is 19.0 Å². The third-order valence-electron chi connectivity index (χ3n) is 3.17. The number of carbonyl (C=O) groups excluding carboxylic acids is 2. The molecule has 0 bridgehead atoms. The molecule has 2 heterocycles. The molecule has 0 amide bonds. The fourth-order valence-electron chi connectivity index (χ4n) is 1.88. The maximum Gasteiger partial charge on any atom is 0.190 e. The molecule has 6 nitrogen and oxygen atoms in total. The van der Waals surface area contributed by atoms with Gasteiger partial charge in [-0.1, -0.05) is 0 Å². The number of hydrogen-bond donors (Lipinski definition) is 0. The highest BCUT2D eigenvalue weighted by atomic mass is 16.1. The molecule has 0 aliphatic heterocycles. The van der Waals surface area contributed by atoms with Gasteiger partial charge in [0.2, 0.25) is 0 Å². The van der Waals surface area contributed by atoms with Crippen LogP contribution in [-0.4, -0.2) is 31.1 Å². The van der Waals surface area contributed by atoms with Crippen LogP contribution in [0.2, 0.25) is 0 Å². The molecule has 0 saturated carbocycles. The van der Waals surface area contributed by atoms with Crippen molar-refractivity contribution in [1.82, 2.24) is 19.6 Å². The highest BCUT2D eigenvalue weighted by Crippen LogP contribution is 2.10. The van der Waals surface area contributed by atoms with E-state index in [4.69, 9.17) is 0 Å². The van der Waals surface area contributed by atoms with Crippen molar-refractivity contribution in [2.75, 3.05) is 0 Å². The fourth-order valence-corrected chi connectivity index (χ4v) is 1.88. The molecule has 0 atom stereocenters. The van der Waals surface area contributed by atoms with Gasteiger partial charge in [-0.05, 0) is 39.8 Å². The molecular formula is C15H20N4O2. The van der Waals surface area contributed by atoms with Crippen LogP contribution in [0.15, 0.2) is 24.5 Å². The largest absolute Gasteiger partial charge is 0.292 e. The second-order valence-electron chi connectivity index (χ2n) is 5.57. The van der Waals surface area contributed by atoms with Crippen LogP contribution in [0.1, 0.15) is 67.2 Å². The normalized spacial score (nSPS) is 11.3. The highest BCUT2D eigenvalue weighted by molar-refractivity contribution is 6.12. The highest BCUT2D eigenvalue weighted by Gasteiger charge is 2.18. The summed E-state index contributed by atoms with van der Waals surface area (Å²) < 4.78 is 3.40. The first-order valence-electron chi connectivity index (χ1n) is 7.05. The van der Waals surface area contributed by atoms with Crippen LogP contribution in [0, 0.1) is 0 Å². The van der Waals surface area contributed by atoms with Crippen molar-refractivity contribution in [2.24, 2.45) is 0 Å². The summed E-state index contributed by atoms with van der Waals surface area (Å²) in [5, 5.41) is 8.36. The molecule has 2 aromatic rings. The van der Waals surface area contributed by atoms with E-state index in [0.717, 1.165) is 0 Å². The van der Waals surface area contributed by atoms with Crippen molar-refractivity contribution in [2.45, 2.75) is 46.2 Å². The number of hydrogen-bond acceptors (Lipinski definition) is 4. The predicted octanol–water partition coefficient (Wildman–Crippen LogP) is 2.70. The van der Waals surface area contributed by atoms with E-state index >= 15 is 0 Å². The van der Waals surface area contributed by atoms with Gasteiger partial charge in [0.05, 0.1) is 6.42 Å². The van der Waals surface area contributed by atoms with Gasteiger partial charge in [0.15, 0.2) is 11.6 Å². The van der Waals surface area contributed by atoms with Crippen molar-refractivity contribution >= 4 is 11.6 Å². The lowest BCUT2D eigenvalue weighted by Crippen LogP contribution is -2.12. The molecule has 2 rings (SSSR count). The molecule has 21 heavy (non-hydrogen) atoms. The molecule has 0 aliphatic carbocycles. The molecule has 0 spiro atoms. The number of rotatable bonds is 6. The standard InChI is InChI=1S/C15H20N4O2/c1-10(2)18-7-5-12(16-18)14(20)9-15(21)13-6-8-19(17-13)11(3)4/h5-8,10-11H,9H2,1-4H3. The smallest absolute Gasteiger partial charge is 0.190 e. The van der Waals surface area contributed by atoms with E-state index in [1.807, 2.05) is 27.7 Å². The van der Waals surface area contributed by atoms with Gasteiger partial charge in [-0.15, -0.1) is 0 Å². The molecule has 0 saturated heterocycles. The van der Waals surface area contributed by atoms with Crippen LogP contribution in [-0.2, 0) is 0 Å². The molecular weight excluding hydrogens is 268 g/mol. The average molecular weight is 288 g/mol. The third-order valence-corrected chi connectivity index (χ3v) is 3.17. The summed E-state index contributed by atoms with van der Waals surface area (Å²) >= 11 is 0. The molecule has 0 radical (unpaired) electrons. The topological polar surface area (TPSA) is 69.8 Å². The van der Waals surface area contributed by atoms with Crippen molar-refractivity contribution in [3.63, 3.8) is 0 Å². The van der Waals surface area contributed by atoms with Gasteiger partial charge in [-0.2, -0.15) is 10.2 Å². The minimum atomic E-state index is -0.279. The number of Topliss-reactive ketones (excluding diaryl/α,β-unsaturated/α-hetero) is 2. The Morgan fingerprint density at radius 3 is 1.57 bits per heavy atom. The minimum Gasteiger partial charge on any atom is -0.292 e. The fraction of sp³-hybridized carbons (Fsp3) is 0.467. The molecule has 2 aromatic heterocycles. The SMILES string of the molecule is CC(C)n1ccc(C(=O)CC(=O)c2ccn(C(C)C)n2)n1. The van der Waals surface area contributed by atoms with Gasteiger partial charge in [-0.25, -0.2) is 0 Å². The monoisotopic (exact) mass is 288 g/mol. The van der Waals surface area contributed by atoms with Crippen LogP contribution in [0.4, 0.5) is 0 Å². The second kappa shape index (κ2) is 6.03. The summed E-state index contributed by atoms with van der Waals surface area (Å²) in [6.45, 7) is 7.91. The van der Waals surface area contributed by atoms with E-state index in [2.05, 4.69) is 10.2 Å². The van der Waals surface area contributed by atoms with Crippen molar-refractivity contribution < 1.29 is 9.59 Å². The lowest BCUT2D eigenvalue weighted by atomic mass is 10.1. The first-order chi connectivity index (χ1) is 9.88. The molecule has 0 fully saturated rings. The lowest BCUT2D eigenvalue weighted by Gasteiger charge is -2.04. The first-order valence-corrected chi connectivity index (χ1v) is 7.05. The van der Waals surface area contributed by atoms with E-state index in [0.29, 0.717) is 11.4 Å². The van der Waals surface area contributed by atoms with E-state index < -0.39 is 0 Å². The number of ketones is 2. The Kier molecular flexibility index (Phi) is 4.35. The molecule has 0 N–H and O–H groups in total. The Labute approximate surface area is 123 Å². The summed E-state index contributed by atoms with van der Waals surface area (Å²) in [4.78, 5) is 24.1. The zero-order valence-corrected chi connectivity index (χ0v) is 12.8. The van der Waals surface area contributed by atoms with E-state index in [1.165, 1.54) is 0 Å². The summed E-state index contributed by atoms with van der Waals surface area (Å²) in [6.07, 6.45) is 3.29. The van der Waals surface area contributed by atoms with Crippen LogP contribution >= 0.6 is 0 Å². The van der Waals surface area contributed by atoms with Crippen LogP contribution < -0.4 is 0 Å². The molecule has 6 heteroatoms. The second-order valence-corrected chi connectivity index (χ2v) is 5.57. The van der Waals surface area contributed by atoms with Crippen molar-refractivity contribution in [3.8, 4) is 0 Å². The zero-order chi connectivity index (χ0) is 15.6. The Balaban J connectivity index is 2.05. The third kappa shape index (κ3) is 3.45. The average Bonchev–Trinajstić information content (AvgIpc) is 3.08. The minimum absolute atomic E-state index is 0.184. The Morgan fingerprint density at radius 1 is 0.905 bits per heavy atom. The molecule has 0 aliphatic rings. The van der Waals surface area contributed by atoms with E-state index in [1.54, 1.807) is 33.9 Å². The van der Waals surface area contributed by atoms with Gasteiger partial charge in [0.25, 0.3) is 0 Å². The Hall–Kier alpha value is -2.24. The van der Waals surface area contributed by atoms with Gasteiger partial charge in [0.1, 0.15) is 11.4 Å². The quantitative estimate of drug-likeness (QED) is 0.605. The summed E-state index contributed by atoms with van der Waals surface area (Å²) in [5.74, 6) is -0.558. The zero-order valence-electron chi connectivity index (χ0n) is 12.8. The van der Waals surface area contributed by atoms with Gasteiger partial charge < -0.3 is 0 Å².